The summed E-state index contributed by atoms with van der Waals surface area (Å²) in [6.45, 7) is 0. The molecule has 2 saturated carbocycles. The Balaban J connectivity index is 2.19. The molecule has 0 aromatic carbocycles. The summed E-state index contributed by atoms with van der Waals surface area (Å²) >= 11 is 11.8. The van der Waals surface area contributed by atoms with Crippen molar-refractivity contribution in [2.24, 2.45) is 0 Å². The summed E-state index contributed by atoms with van der Waals surface area (Å²) in [4.78, 5) is 18.8. The summed E-state index contributed by atoms with van der Waals surface area (Å²) in [5, 5.41) is 0.108. The highest BCUT2D eigenvalue weighted by Gasteiger charge is 2.37. The van der Waals surface area contributed by atoms with Crippen molar-refractivity contribution in [3.8, 4) is 0 Å². The standard InChI is InChI=1S/C14H11Cl2FN2O/c15-12-9-8(10(17)13(16)19-12)7(5-1-2-5)11(6-3-4-6)18-14(9)20/h5-6H,1-4H2,(H,18,20). The molecule has 6 heteroatoms. The molecule has 0 radical (unpaired) electrons. The van der Waals surface area contributed by atoms with Crippen molar-refractivity contribution < 1.29 is 4.39 Å². The Labute approximate surface area is 124 Å². The van der Waals surface area contributed by atoms with Crippen LogP contribution < -0.4 is 5.56 Å². The summed E-state index contributed by atoms with van der Waals surface area (Å²) in [5.74, 6) is 0.0165. The first-order chi connectivity index (χ1) is 9.58. The van der Waals surface area contributed by atoms with E-state index in [4.69, 9.17) is 23.2 Å². The monoisotopic (exact) mass is 312 g/mol. The van der Waals surface area contributed by atoms with Crippen molar-refractivity contribution in [2.45, 2.75) is 37.5 Å². The van der Waals surface area contributed by atoms with Crippen LogP contribution in [0.2, 0.25) is 10.3 Å². The van der Waals surface area contributed by atoms with E-state index in [1.165, 1.54) is 0 Å². The highest BCUT2D eigenvalue weighted by atomic mass is 35.5. The Hall–Kier alpha value is -1.13. The molecule has 104 valence electrons. The number of halogens is 3. The van der Waals surface area contributed by atoms with Crippen LogP contribution in [-0.2, 0) is 0 Å². The number of hydrogen-bond donors (Lipinski definition) is 1. The second kappa shape index (κ2) is 4.18. The van der Waals surface area contributed by atoms with E-state index in [-0.39, 0.29) is 26.6 Å². The number of aromatic nitrogens is 2. The Morgan fingerprint density at radius 1 is 1.05 bits per heavy atom. The van der Waals surface area contributed by atoms with Gasteiger partial charge in [0.2, 0.25) is 0 Å². The van der Waals surface area contributed by atoms with Gasteiger partial charge in [-0.15, -0.1) is 0 Å². The van der Waals surface area contributed by atoms with Gasteiger partial charge in [-0.25, -0.2) is 9.37 Å². The molecule has 0 spiro atoms. The lowest BCUT2D eigenvalue weighted by molar-refractivity contribution is 0.632. The third kappa shape index (κ3) is 1.78. The molecule has 2 aliphatic rings. The zero-order valence-corrected chi connectivity index (χ0v) is 12.0. The van der Waals surface area contributed by atoms with E-state index >= 15 is 0 Å². The van der Waals surface area contributed by atoms with Gasteiger partial charge in [0.05, 0.1) is 5.39 Å². The van der Waals surface area contributed by atoms with Gasteiger partial charge in [-0.2, -0.15) is 0 Å². The van der Waals surface area contributed by atoms with Crippen molar-refractivity contribution in [1.29, 1.82) is 0 Å². The van der Waals surface area contributed by atoms with E-state index in [2.05, 4.69) is 9.97 Å². The van der Waals surface area contributed by atoms with E-state index < -0.39 is 5.82 Å². The Kier molecular flexibility index (Phi) is 2.63. The zero-order valence-electron chi connectivity index (χ0n) is 10.5. The Bertz CT molecular complexity index is 794. The predicted molar refractivity (Wildman–Crippen MR) is 76.3 cm³/mol. The molecule has 0 aliphatic heterocycles. The number of pyridine rings is 2. The molecular weight excluding hydrogens is 302 g/mol. The van der Waals surface area contributed by atoms with Crippen molar-refractivity contribution >= 4 is 34.0 Å². The molecule has 0 amide bonds. The quantitative estimate of drug-likeness (QED) is 0.848. The lowest BCUT2D eigenvalue weighted by atomic mass is 9.99. The van der Waals surface area contributed by atoms with Gasteiger partial charge in [0.1, 0.15) is 5.15 Å². The smallest absolute Gasteiger partial charge is 0.259 e. The van der Waals surface area contributed by atoms with Gasteiger partial charge < -0.3 is 4.98 Å². The molecule has 2 heterocycles. The van der Waals surface area contributed by atoms with Gasteiger partial charge in [-0.05, 0) is 43.1 Å². The summed E-state index contributed by atoms with van der Waals surface area (Å²) in [6.07, 6.45) is 4.10. The van der Waals surface area contributed by atoms with Crippen molar-refractivity contribution in [3.05, 3.63) is 37.7 Å². The average Bonchev–Trinajstić information content (AvgIpc) is 3.27. The molecule has 4 rings (SSSR count). The number of fused-ring (bicyclic) bond motifs is 1. The summed E-state index contributed by atoms with van der Waals surface area (Å²) in [6, 6.07) is 0. The van der Waals surface area contributed by atoms with Crippen LogP contribution in [0.3, 0.4) is 0 Å². The summed E-state index contributed by atoms with van der Waals surface area (Å²) in [7, 11) is 0. The van der Waals surface area contributed by atoms with Gasteiger partial charge in [0.25, 0.3) is 5.56 Å². The topological polar surface area (TPSA) is 45.8 Å². The predicted octanol–water partition coefficient (Wildman–Crippen LogP) is 4.12. The molecule has 1 N–H and O–H groups in total. The fourth-order valence-corrected chi connectivity index (χ4v) is 3.33. The fraction of sp³-hybridized carbons (Fsp3) is 0.429. The maximum absolute atomic E-state index is 14.5. The molecule has 2 fully saturated rings. The van der Waals surface area contributed by atoms with Gasteiger partial charge in [0.15, 0.2) is 11.0 Å². The second-order valence-electron chi connectivity index (χ2n) is 5.59. The highest BCUT2D eigenvalue weighted by Crippen LogP contribution is 2.51. The van der Waals surface area contributed by atoms with Crippen LogP contribution in [0.25, 0.3) is 10.8 Å². The number of aromatic amines is 1. The van der Waals surface area contributed by atoms with Gasteiger partial charge in [-0.3, -0.25) is 4.79 Å². The first-order valence-electron chi connectivity index (χ1n) is 6.68. The first-order valence-corrected chi connectivity index (χ1v) is 7.43. The average molecular weight is 313 g/mol. The number of hydrogen-bond acceptors (Lipinski definition) is 2. The van der Waals surface area contributed by atoms with Crippen LogP contribution in [0.5, 0.6) is 0 Å². The number of H-pyrrole nitrogens is 1. The molecule has 0 atom stereocenters. The molecule has 20 heavy (non-hydrogen) atoms. The molecule has 2 aromatic heterocycles. The molecule has 3 nitrogen and oxygen atoms in total. The largest absolute Gasteiger partial charge is 0.325 e. The van der Waals surface area contributed by atoms with Crippen LogP contribution in [0, 0.1) is 5.82 Å². The van der Waals surface area contributed by atoms with Crippen molar-refractivity contribution in [1.82, 2.24) is 9.97 Å². The van der Waals surface area contributed by atoms with Gasteiger partial charge in [0, 0.05) is 11.1 Å². The van der Waals surface area contributed by atoms with Crippen LogP contribution in [0.1, 0.15) is 48.8 Å². The third-order valence-corrected chi connectivity index (χ3v) is 4.58. The second-order valence-corrected chi connectivity index (χ2v) is 6.30. The lowest BCUT2D eigenvalue weighted by Crippen LogP contribution is -2.14. The van der Waals surface area contributed by atoms with Gasteiger partial charge in [-0.1, -0.05) is 23.2 Å². The minimum Gasteiger partial charge on any atom is -0.325 e. The van der Waals surface area contributed by atoms with Crippen LogP contribution in [-0.4, -0.2) is 9.97 Å². The zero-order chi connectivity index (χ0) is 14.0. The molecule has 0 saturated heterocycles. The van der Waals surface area contributed by atoms with Crippen molar-refractivity contribution in [3.63, 3.8) is 0 Å². The normalized spacial score (nSPS) is 18.8. The van der Waals surface area contributed by atoms with Crippen molar-refractivity contribution in [2.75, 3.05) is 0 Å². The van der Waals surface area contributed by atoms with Crippen LogP contribution >= 0.6 is 23.2 Å². The van der Waals surface area contributed by atoms with Gasteiger partial charge >= 0.3 is 0 Å². The summed E-state index contributed by atoms with van der Waals surface area (Å²) in [5.41, 5.74) is 1.40. The summed E-state index contributed by atoms with van der Waals surface area (Å²) < 4.78 is 14.5. The Morgan fingerprint density at radius 2 is 1.70 bits per heavy atom. The van der Waals surface area contributed by atoms with E-state index in [9.17, 15) is 9.18 Å². The Morgan fingerprint density at radius 3 is 2.30 bits per heavy atom. The number of rotatable bonds is 2. The number of nitrogens with one attached hydrogen (secondary N) is 1. The number of nitrogens with zero attached hydrogens (tertiary/aromatic N) is 1. The first kappa shape index (κ1) is 12.6. The molecule has 2 aromatic rings. The SMILES string of the molecule is O=c1[nH]c(C2CC2)c(C2CC2)c2c(F)c(Cl)nc(Cl)c12. The third-order valence-electron chi connectivity index (χ3n) is 4.06. The van der Waals surface area contributed by atoms with E-state index in [1.54, 1.807) is 0 Å². The fourth-order valence-electron chi connectivity index (χ4n) is 2.84. The minimum atomic E-state index is -0.624. The minimum absolute atomic E-state index is 0.0307. The highest BCUT2D eigenvalue weighted by molar-refractivity contribution is 6.36. The van der Waals surface area contributed by atoms with E-state index in [0.717, 1.165) is 36.9 Å². The maximum atomic E-state index is 14.5. The van der Waals surface area contributed by atoms with Crippen LogP contribution in [0.4, 0.5) is 4.39 Å². The molecule has 2 aliphatic carbocycles. The molecular formula is C14H11Cl2FN2O. The maximum Gasteiger partial charge on any atom is 0.259 e. The van der Waals surface area contributed by atoms with Crippen LogP contribution in [0.15, 0.2) is 4.79 Å². The van der Waals surface area contributed by atoms with E-state index in [1.807, 2.05) is 0 Å². The molecule has 0 bridgehead atoms. The lowest BCUT2D eigenvalue weighted by Gasteiger charge is -2.13. The molecule has 0 unspecified atom stereocenters. The van der Waals surface area contributed by atoms with E-state index in [0.29, 0.717) is 11.8 Å².